The number of rotatable bonds is 7. The monoisotopic (exact) mass is 405 g/mol. The maximum atomic E-state index is 12.7. The number of aryl methyl sites for hydroxylation is 1. The molecule has 0 spiro atoms. The van der Waals surface area contributed by atoms with Crippen molar-refractivity contribution in [1.29, 1.82) is 0 Å². The van der Waals surface area contributed by atoms with E-state index >= 15 is 0 Å². The van der Waals surface area contributed by atoms with Gasteiger partial charge in [-0.25, -0.2) is 9.78 Å². The minimum atomic E-state index is -0.473. The number of carbonyl (C=O) groups excluding carboxylic acids is 1. The van der Waals surface area contributed by atoms with Crippen LogP contribution in [0.2, 0.25) is 0 Å². The third kappa shape index (κ3) is 3.76. The van der Waals surface area contributed by atoms with Gasteiger partial charge in [-0.05, 0) is 37.6 Å². The minimum absolute atomic E-state index is 0.135. The number of amides is 1. The van der Waals surface area contributed by atoms with E-state index in [0.29, 0.717) is 23.9 Å². The number of nitrogens with zero attached hydrogens (tertiary/aromatic N) is 3. The van der Waals surface area contributed by atoms with E-state index in [9.17, 15) is 14.4 Å². The van der Waals surface area contributed by atoms with Crippen LogP contribution in [0.25, 0.3) is 21.9 Å². The molecule has 0 radical (unpaired) electrons. The lowest BCUT2D eigenvalue weighted by Gasteiger charge is -2.13. The number of imidazole rings is 1. The molecule has 8 heteroatoms. The summed E-state index contributed by atoms with van der Waals surface area (Å²) in [5.74, 6) is 0.607. The largest absolute Gasteiger partial charge is 0.355 e. The number of aromatic amines is 1. The fourth-order valence-corrected chi connectivity index (χ4v) is 3.61. The Bertz CT molecular complexity index is 1300. The molecule has 0 saturated heterocycles. The van der Waals surface area contributed by atoms with Gasteiger partial charge in [-0.2, -0.15) is 0 Å². The molecule has 0 aliphatic carbocycles. The molecule has 1 amide bonds. The quantitative estimate of drug-likeness (QED) is 0.458. The molecule has 0 unspecified atom stereocenters. The fourth-order valence-electron chi connectivity index (χ4n) is 3.61. The molecule has 8 nitrogen and oxygen atoms in total. The third-order valence-corrected chi connectivity index (χ3v) is 5.10. The van der Waals surface area contributed by atoms with Gasteiger partial charge in [0.15, 0.2) is 0 Å². The molecule has 0 bridgehead atoms. The molecule has 0 atom stereocenters. The number of fused-ring (bicyclic) bond motifs is 2. The highest BCUT2D eigenvalue weighted by Crippen LogP contribution is 2.11. The number of hydrogen-bond donors (Lipinski definition) is 2. The van der Waals surface area contributed by atoms with E-state index in [2.05, 4.69) is 15.3 Å². The molecule has 2 heterocycles. The summed E-state index contributed by atoms with van der Waals surface area (Å²) in [5, 5.41) is 3.28. The number of nitrogens with one attached hydrogen (secondary N) is 2. The van der Waals surface area contributed by atoms with Crippen LogP contribution >= 0.6 is 0 Å². The maximum Gasteiger partial charge on any atom is 0.331 e. The van der Waals surface area contributed by atoms with Crippen LogP contribution in [0.15, 0.2) is 58.1 Å². The van der Waals surface area contributed by atoms with Crippen molar-refractivity contribution in [2.24, 2.45) is 0 Å². The summed E-state index contributed by atoms with van der Waals surface area (Å²) in [6, 6.07) is 14.7. The van der Waals surface area contributed by atoms with Crippen LogP contribution in [-0.4, -0.2) is 31.6 Å². The number of aromatic nitrogens is 4. The lowest BCUT2D eigenvalue weighted by molar-refractivity contribution is -0.121. The van der Waals surface area contributed by atoms with Crippen molar-refractivity contribution >= 4 is 27.8 Å². The van der Waals surface area contributed by atoms with Gasteiger partial charge in [-0.1, -0.05) is 24.3 Å². The number of carbonyl (C=O) groups is 1. The van der Waals surface area contributed by atoms with Crippen molar-refractivity contribution in [3.8, 4) is 0 Å². The maximum absolute atomic E-state index is 12.7. The van der Waals surface area contributed by atoms with Gasteiger partial charge >= 0.3 is 5.69 Å². The highest BCUT2D eigenvalue weighted by Gasteiger charge is 2.14. The first kappa shape index (κ1) is 19.6. The Morgan fingerprint density at radius 1 is 1.07 bits per heavy atom. The smallest absolute Gasteiger partial charge is 0.331 e. The Balaban J connectivity index is 1.42. The van der Waals surface area contributed by atoms with E-state index in [0.717, 1.165) is 27.8 Å². The Morgan fingerprint density at radius 3 is 2.63 bits per heavy atom. The SMILES string of the molecule is CCn1c(=O)c2ccccc2n(CC(=O)NCCCc2nc3ccccc3[nH]2)c1=O. The topological polar surface area (TPSA) is 102 Å². The van der Waals surface area contributed by atoms with Gasteiger partial charge in [0.05, 0.1) is 21.9 Å². The summed E-state index contributed by atoms with van der Waals surface area (Å²) in [6.45, 7) is 2.32. The number of H-pyrrole nitrogens is 1. The Labute approximate surface area is 172 Å². The Kier molecular flexibility index (Phi) is 5.47. The summed E-state index contributed by atoms with van der Waals surface area (Å²) in [4.78, 5) is 45.4. The minimum Gasteiger partial charge on any atom is -0.355 e. The van der Waals surface area contributed by atoms with Gasteiger partial charge in [0.1, 0.15) is 12.4 Å². The lowest BCUT2D eigenvalue weighted by Crippen LogP contribution is -2.42. The molecule has 2 N–H and O–H groups in total. The van der Waals surface area contributed by atoms with E-state index in [4.69, 9.17) is 0 Å². The van der Waals surface area contributed by atoms with Crippen molar-refractivity contribution in [1.82, 2.24) is 24.4 Å². The van der Waals surface area contributed by atoms with E-state index in [-0.39, 0.29) is 24.6 Å². The summed E-state index contributed by atoms with van der Waals surface area (Å²) in [6.07, 6.45) is 1.42. The molecule has 4 rings (SSSR count). The van der Waals surface area contributed by atoms with E-state index in [1.165, 1.54) is 4.57 Å². The van der Waals surface area contributed by atoms with Gasteiger partial charge in [-0.3, -0.25) is 18.7 Å². The Morgan fingerprint density at radius 2 is 1.83 bits per heavy atom. The molecular weight excluding hydrogens is 382 g/mol. The van der Waals surface area contributed by atoms with Crippen molar-refractivity contribution in [3.05, 3.63) is 75.2 Å². The summed E-state index contributed by atoms with van der Waals surface area (Å²) in [5.41, 5.74) is 1.58. The summed E-state index contributed by atoms with van der Waals surface area (Å²) < 4.78 is 2.51. The van der Waals surface area contributed by atoms with E-state index in [1.54, 1.807) is 31.2 Å². The van der Waals surface area contributed by atoms with Crippen LogP contribution in [0.4, 0.5) is 0 Å². The van der Waals surface area contributed by atoms with E-state index in [1.807, 2.05) is 24.3 Å². The average molecular weight is 405 g/mol. The average Bonchev–Trinajstić information content (AvgIpc) is 3.17. The van der Waals surface area contributed by atoms with Crippen LogP contribution in [0, 0.1) is 0 Å². The molecule has 0 saturated carbocycles. The predicted molar refractivity (Wildman–Crippen MR) is 116 cm³/mol. The van der Waals surface area contributed by atoms with Gasteiger partial charge in [0.2, 0.25) is 5.91 Å². The molecule has 154 valence electrons. The van der Waals surface area contributed by atoms with Gasteiger partial charge in [0, 0.05) is 19.5 Å². The molecule has 0 aliphatic rings. The van der Waals surface area contributed by atoms with Crippen LogP contribution in [0.5, 0.6) is 0 Å². The van der Waals surface area contributed by atoms with Gasteiger partial charge < -0.3 is 10.3 Å². The number of benzene rings is 2. The standard InChI is InChI=1S/C22H23N5O3/c1-2-26-21(29)15-8-3-6-11-18(15)27(22(26)30)14-20(28)23-13-7-12-19-24-16-9-4-5-10-17(16)25-19/h3-6,8-11H,2,7,12-14H2,1H3,(H,23,28)(H,24,25). The molecule has 30 heavy (non-hydrogen) atoms. The highest BCUT2D eigenvalue weighted by molar-refractivity contribution is 5.81. The number of hydrogen-bond acceptors (Lipinski definition) is 4. The lowest BCUT2D eigenvalue weighted by atomic mass is 10.2. The molecule has 0 fully saturated rings. The normalized spacial score (nSPS) is 11.2. The number of para-hydroxylation sites is 3. The first-order chi connectivity index (χ1) is 14.6. The van der Waals surface area contributed by atoms with Crippen LogP contribution in [0.3, 0.4) is 0 Å². The van der Waals surface area contributed by atoms with Crippen molar-refractivity contribution < 1.29 is 4.79 Å². The highest BCUT2D eigenvalue weighted by atomic mass is 16.2. The molecule has 0 aliphatic heterocycles. The second kappa shape index (κ2) is 8.36. The predicted octanol–water partition coefficient (Wildman–Crippen LogP) is 1.81. The molecular formula is C22H23N5O3. The molecule has 2 aromatic heterocycles. The summed E-state index contributed by atoms with van der Waals surface area (Å²) in [7, 11) is 0. The van der Waals surface area contributed by atoms with Crippen molar-refractivity contribution in [2.75, 3.05) is 6.54 Å². The zero-order chi connectivity index (χ0) is 21.1. The first-order valence-corrected chi connectivity index (χ1v) is 10.0. The molecule has 4 aromatic rings. The zero-order valence-corrected chi connectivity index (χ0v) is 16.7. The van der Waals surface area contributed by atoms with E-state index < -0.39 is 5.69 Å². The Hall–Kier alpha value is -3.68. The second-order valence-electron chi connectivity index (χ2n) is 7.09. The third-order valence-electron chi connectivity index (χ3n) is 5.10. The second-order valence-corrected chi connectivity index (χ2v) is 7.09. The fraction of sp³-hybridized carbons (Fsp3) is 0.273. The van der Waals surface area contributed by atoms with Gasteiger partial charge in [0.25, 0.3) is 5.56 Å². The van der Waals surface area contributed by atoms with Crippen molar-refractivity contribution in [2.45, 2.75) is 32.9 Å². The first-order valence-electron chi connectivity index (χ1n) is 10.0. The van der Waals surface area contributed by atoms with Gasteiger partial charge in [-0.15, -0.1) is 0 Å². The zero-order valence-electron chi connectivity index (χ0n) is 16.7. The van der Waals surface area contributed by atoms with Crippen LogP contribution in [0.1, 0.15) is 19.2 Å². The summed E-state index contributed by atoms with van der Waals surface area (Å²) >= 11 is 0. The van der Waals surface area contributed by atoms with Crippen LogP contribution in [-0.2, 0) is 24.3 Å². The molecule has 2 aromatic carbocycles. The van der Waals surface area contributed by atoms with Crippen molar-refractivity contribution in [3.63, 3.8) is 0 Å². The van der Waals surface area contributed by atoms with Crippen LogP contribution < -0.4 is 16.6 Å².